The molecule has 0 bridgehead atoms. The molecule has 0 radical (unpaired) electrons. The fraction of sp³-hybridized carbons (Fsp3) is 0.250. The molecule has 1 aromatic carbocycles. The number of hydrogen-bond acceptors (Lipinski definition) is 6. The predicted octanol–water partition coefficient (Wildman–Crippen LogP) is 2.46. The van der Waals surface area contributed by atoms with Crippen molar-refractivity contribution in [2.24, 2.45) is 0 Å². The van der Waals surface area contributed by atoms with Crippen LogP contribution in [0.15, 0.2) is 48.8 Å². The van der Waals surface area contributed by atoms with Crippen LogP contribution in [0.5, 0.6) is 11.5 Å². The van der Waals surface area contributed by atoms with Gasteiger partial charge in [-0.25, -0.2) is 13.2 Å². The Morgan fingerprint density at radius 3 is 2.43 bits per heavy atom. The molecule has 6 nitrogen and oxygen atoms in total. The number of aromatic nitrogens is 1. The normalized spacial score (nSPS) is 12.4. The Morgan fingerprint density at radius 2 is 1.87 bits per heavy atom. The van der Waals surface area contributed by atoms with Gasteiger partial charge in [-0.1, -0.05) is 0 Å². The van der Waals surface area contributed by atoms with E-state index in [1.807, 2.05) is 0 Å². The van der Waals surface area contributed by atoms with E-state index in [0.29, 0.717) is 17.1 Å². The average Bonchev–Trinajstić information content (AvgIpc) is 2.47. The first-order valence-electron chi connectivity index (χ1n) is 6.90. The zero-order valence-corrected chi connectivity index (χ0v) is 13.6. The molecular formula is C16H17NO5S. The number of rotatable bonds is 6. The molecule has 0 amide bonds. The van der Waals surface area contributed by atoms with Crippen molar-refractivity contribution < 1.29 is 22.7 Å². The molecule has 0 aliphatic heterocycles. The second-order valence-electron chi connectivity index (χ2n) is 5.12. The molecule has 23 heavy (non-hydrogen) atoms. The second kappa shape index (κ2) is 7.23. The minimum atomic E-state index is -3.20. The highest BCUT2D eigenvalue weighted by atomic mass is 32.2. The Morgan fingerprint density at radius 1 is 1.17 bits per heavy atom. The van der Waals surface area contributed by atoms with E-state index in [-0.39, 0.29) is 5.75 Å². The number of pyridine rings is 1. The van der Waals surface area contributed by atoms with Crippen LogP contribution in [0.1, 0.15) is 17.3 Å². The van der Waals surface area contributed by atoms with Gasteiger partial charge < -0.3 is 9.47 Å². The van der Waals surface area contributed by atoms with E-state index < -0.39 is 21.9 Å². The van der Waals surface area contributed by atoms with Gasteiger partial charge in [0.2, 0.25) is 0 Å². The lowest BCUT2D eigenvalue weighted by molar-refractivity contribution is 0.0384. The average molecular weight is 335 g/mol. The van der Waals surface area contributed by atoms with Gasteiger partial charge in [-0.3, -0.25) is 4.98 Å². The molecule has 0 aliphatic carbocycles. The van der Waals surface area contributed by atoms with Gasteiger partial charge in [0, 0.05) is 12.5 Å². The monoisotopic (exact) mass is 335 g/mol. The molecule has 1 unspecified atom stereocenters. The summed E-state index contributed by atoms with van der Waals surface area (Å²) in [5, 5.41) is 0. The minimum Gasteiger partial charge on any atom is -0.458 e. The Kier molecular flexibility index (Phi) is 5.33. The number of sulfone groups is 1. The summed E-state index contributed by atoms with van der Waals surface area (Å²) in [6.45, 7) is 1.54. The molecule has 7 heteroatoms. The standard InChI is InChI=1S/C16H17NO5S/c1-12(11-23(2,19)20)21-16(18)13-5-7-14(8-6-13)22-15-4-3-9-17-10-15/h3-10,12H,11H2,1-2H3. The van der Waals surface area contributed by atoms with Crippen LogP contribution in [0.4, 0.5) is 0 Å². The Bertz CT molecular complexity index is 757. The maximum atomic E-state index is 11.9. The molecular weight excluding hydrogens is 318 g/mol. The summed E-state index contributed by atoms with van der Waals surface area (Å²) in [6, 6.07) is 9.89. The van der Waals surface area contributed by atoms with Crippen molar-refractivity contribution in [1.82, 2.24) is 4.98 Å². The lowest BCUT2D eigenvalue weighted by Crippen LogP contribution is -2.23. The van der Waals surface area contributed by atoms with Crippen molar-refractivity contribution in [2.75, 3.05) is 12.0 Å². The molecule has 0 N–H and O–H groups in total. The Hall–Kier alpha value is -2.41. The van der Waals surface area contributed by atoms with Gasteiger partial charge in [0.15, 0.2) is 9.84 Å². The fourth-order valence-corrected chi connectivity index (χ4v) is 2.83. The third kappa shape index (κ3) is 5.71. The quantitative estimate of drug-likeness (QED) is 0.754. The third-order valence-corrected chi connectivity index (χ3v) is 3.88. The number of nitrogens with zero attached hydrogens (tertiary/aromatic N) is 1. The molecule has 0 saturated carbocycles. The summed E-state index contributed by atoms with van der Waals surface area (Å²) in [5.74, 6) is 0.360. The minimum absolute atomic E-state index is 0.207. The topological polar surface area (TPSA) is 82.6 Å². The van der Waals surface area contributed by atoms with Crippen LogP contribution in [0, 0.1) is 0 Å². The van der Waals surface area contributed by atoms with E-state index in [1.165, 1.54) is 0 Å². The van der Waals surface area contributed by atoms with Gasteiger partial charge in [-0.05, 0) is 43.3 Å². The first-order chi connectivity index (χ1) is 10.8. The van der Waals surface area contributed by atoms with Crippen LogP contribution >= 0.6 is 0 Å². The van der Waals surface area contributed by atoms with Crippen molar-refractivity contribution in [1.29, 1.82) is 0 Å². The smallest absolute Gasteiger partial charge is 0.338 e. The molecule has 0 aliphatic rings. The van der Waals surface area contributed by atoms with Gasteiger partial charge in [0.05, 0.1) is 17.5 Å². The van der Waals surface area contributed by atoms with Crippen LogP contribution in [0.25, 0.3) is 0 Å². The number of hydrogen-bond donors (Lipinski definition) is 0. The number of carbonyl (C=O) groups excluding carboxylic acids is 1. The number of ether oxygens (including phenoxy) is 2. The molecule has 1 heterocycles. The summed E-state index contributed by atoms with van der Waals surface area (Å²) in [5.41, 5.74) is 0.323. The molecule has 0 spiro atoms. The van der Waals surface area contributed by atoms with Crippen molar-refractivity contribution in [2.45, 2.75) is 13.0 Å². The molecule has 0 fully saturated rings. The summed E-state index contributed by atoms with van der Waals surface area (Å²) >= 11 is 0. The van der Waals surface area contributed by atoms with Crippen LogP contribution in [-0.2, 0) is 14.6 Å². The summed E-state index contributed by atoms with van der Waals surface area (Å²) in [6.07, 6.45) is 3.62. The van der Waals surface area contributed by atoms with Gasteiger partial charge in [-0.2, -0.15) is 0 Å². The SMILES string of the molecule is CC(CS(C)(=O)=O)OC(=O)c1ccc(Oc2cccnc2)cc1. The van der Waals surface area contributed by atoms with Crippen molar-refractivity contribution in [3.05, 3.63) is 54.4 Å². The van der Waals surface area contributed by atoms with E-state index in [9.17, 15) is 13.2 Å². The van der Waals surface area contributed by atoms with Crippen molar-refractivity contribution in [3.8, 4) is 11.5 Å². The van der Waals surface area contributed by atoms with E-state index in [0.717, 1.165) is 6.26 Å². The third-order valence-electron chi connectivity index (χ3n) is 2.81. The summed E-state index contributed by atoms with van der Waals surface area (Å²) in [7, 11) is -3.20. The first kappa shape index (κ1) is 17.0. The highest BCUT2D eigenvalue weighted by Gasteiger charge is 2.16. The zero-order valence-electron chi connectivity index (χ0n) is 12.8. The summed E-state index contributed by atoms with van der Waals surface area (Å²) in [4.78, 5) is 15.9. The first-order valence-corrected chi connectivity index (χ1v) is 8.96. The van der Waals surface area contributed by atoms with Crippen LogP contribution in [-0.4, -0.2) is 37.5 Å². The molecule has 2 rings (SSSR count). The zero-order chi connectivity index (χ0) is 16.9. The Balaban J connectivity index is 1.97. The summed E-state index contributed by atoms with van der Waals surface area (Å²) < 4.78 is 33.0. The largest absolute Gasteiger partial charge is 0.458 e. The fourth-order valence-electron chi connectivity index (χ4n) is 1.91. The van der Waals surface area contributed by atoms with Crippen LogP contribution in [0.2, 0.25) is 0 Å². The Labute approximate surface area is 135 Å². The van der Waals surface area contributed by atoms with Gasteiger partial charge >= 0.3 is 5.97 Å². The molecule has 1 aromatic heterocycles. The van der Waals surface area contributed by atoms with Gasteiger partial charge in [0.1, 0.15) is 17.6 Å². The van der Waals surface area contributed by atoms with E-state index in [2.05, 4.69) is 4.98 Å². The van der Waals surface area contributed by atoms with E-state index >= 15 is 0 Å². The lowest BCUT2D eigenvalue weighted by Gasteiger charge is -2.12. The molecule has 122 valence electrons. The lowest BCUT2D eigenvalue weighted by atomic mass is 10.2. The number of benzene rings is 1. The van der Waals surface area contributed by atoms with Gasteiger partial charge in [-0.15, -0.1) is 0 Å². The van der Waals surface area contributed by atoms with Crippen LogP contribution < -0.4 is 4.74 Å². The highest BCUT2D eigenvalue weighted by molar-refractivity contribution is 7.90. The maximum absolute atomic E-state index is 11.9. The predicted molar refractivity (Wildman–Crippen MR) is 85.3 cm³/mol. The number of carbonyl (C=O) groups is 1. The van der Waals surface area contributed by atoms with Crippen LogP contribution in [0.3, 0.4) is 0 Å². The maximum Gasteiger partial charge on any atom is 0.338 e. The van der Waals surface area contributed by atoms with Gasteiger partial charge in [0.25, 0.3) is 0 Å². The van der Waals surface area contributed by atoms with Crippen molar-refractivity contribution in [3.63, 3.8) is 0 Å². The number of esters is 1. The van der Waals surface area contributed by atoms with E-state index in [1.54, 1.807) is 55.7 Å². The van der Waals surface area contributed by atoms with E-state index in [4.69, 9.17) is 9.47 Å². The molecule has 2 aromatic rings. The molecule has 0 saturated heterocycles. The molecule has 1 atom stereocenters. The van der Waals surface area contributed by atoms with Crippen molar-refractivity contribution >= 4 is 15.8 Å². The highest BCUT2D eigenvalue weighted by Crippen LogP contribution is 2.20. The second-order valence-corrected chi connectivity index (χ2v) is 7.31.